The quantitative estimate of drug-likeness (QED) is 0.814. The highest BCUT2D eigenvalue weighted by atomic mass is 35.5. The third kappa shape index (κ3) is 7.55. The Kier molecular flexibility index (Phi) is 7.32. The zero-order chi connectivity index (χ0) is 12.9. The van der Waals surface area contributed by atoms with Crippen LogP contribution in [0.3, 0.4) is 0 Å². The lowest BCUT2D eigenvalue weighted by Crippen LogP contribution is -2.19. The van der Waals surface area contributed by atoms with Crippen molar-refractivity contribution in [3.05, 3.63) is 18.0 Å². The van der Waals surface area contributed by atoms with Gasteiger partial charge in [0.1, 0.15) is 6.54 Å². The molecule has 7 heteroatoms. The van der Waals surface area contributed by atoms with Crippen molar-refractivity contribution >= 4 is 12.4 Å². The molecule has 1 N–H and O–H groups in total. The fourth-order valence-corrected chi connectivity index (χ4v) is 1.38. The second-order valence-corrected chi connectivity index (χ2v) is 4.48. The Morgan fingerprint density at radius 2 is 2.06 bits per heavy atom. The topological polar surface area (TPSA) is 29.9 Å². The van der Waals surface area contributed by atoms with Crippen molar-refractivity contribution in [2.24, 2.45) is 5.92 Å². The molecule has 0 spiro atoms. The molecular formula is C11H19ClF3N3. The van der Waals surface area contributed by atoms with Gasteiger partial charge < -0.3 is 5.32 Å². The molecule has 0 aliphatic heterocycles. The molecule has 0 fully saturated rings. The summed E-state index contributed by atoms with van der Waals surface area (Å²) in [6, 6.07) is 1.61. The van der Waals surface area contributed by atoms with Gasteiger partial charge in [-0.05, 0) is 24.9 Å². The summed E-state index contributed by atoms with van der Waals surface area (Å²) in [4.78, 5) is 0. The minimum absolute atomic E-state index is 0. The van der Waals surface area contributed by atoms with Crippen LogP contribution in [0.1, 0.15) is 26.0 Å². The van der Waals surface area contributed by atoms with E-state index in [2.05, 4.69) is 24.3 Å². The molecule has 3 nitrogen and oxygen atoms in total. The molecule has 0 aliphatic carbocycles. The first kappa shape index (κ1) is 17.2. The van der Waals surface area contributed by atoms with E-state index in [0.717, 1.165) is 17.6 Å². The van der Waals surface area contributed by atoms with E-state index in [0.29, 0.717) is 18.2 Å². The molecule has 0 atom stereocenters. The van der Waals surface area contributed by atoms with Gasteiger partial charge in [-0.15, -0.1) is 12.4 Å². The highest BCUT2D eigenvalue weighted by Crippen LogP contribution is 2.16. The number of hydrogen-bond donors (Lipinski definition) is 1. The lowest BCUT2D eigenvalue weighted by atomic mass is 10.1. The first-order valence-electron chi connectivity index (χ1n) is 5.66. The van der Waals surface area contributed by atoms with Crippen molar-refractivity contribution in [3.63, 3.8) is 0 Å². The Bertz CT molecular complexity index is 337. The standard InChI is InChI=1S/C11H18F3N3.ClH/c1-9(2)3-5-15-7-10-4-6-17(16-10)8-11(12,13)14;/h4,6,9,15H,3,5,7-8H2,1-2H3;1H. The van der Waals surface area contributed by atoms with Crippen LogP contribution in [0.25, 0.3) is 0 Å². The average molecular weight is 286 g/mol. The van der Waals surface area contributed by atoms with E-state index in [9.17, 15) is 13.2 Å². The molecule has 0 unspecified atom stereocenters. The molecule has 0 amide bonds. The van der Waals surface area contributed by atoms with Crippen molar-refractivity contribution in [3.8, 4) is 0 Å². The molecule has 1 aromatic heterocycles. The first-order valence-corrected chi connectivity index (χ1v) is 5.66. The van der Waals surface area contributed by atoms with Gasteiger partial charge in [-0.1, -0.05) is 13.8 Å². The van der Waals surface area contributed by atoms with E-state index in [4.69, 9.17) is 0 Å². The maximum Gasteiger partial charge on any atom is 0.408 e. The van der Waals surface area contributed by atoms with Crippen LogP contribution in [0.5, 0.6) is 0 Å². The zero-order valence-electron chi connectivity index (χ0n) is 10.5. The van der Waals surface area contributed by atoms with E-state index >= 15 is 0 Å². The van der Waals surface area contributed by atoms with Crippen molar-refractivity contribution < 1.29 is 13.2 Å². The number of alkyl halides is 3. The Balaban J connectivity index is 0.00000289. The number of hydrogen-bond acceptors (Lipinski definition) is 2. The Labute approximate surface area is 111 Å². The molecule has 0 saturated carbocycles. The summed E-state index contributed by atoms with van der Waals surface area (Å²) in [5, 5.41) is 7.00. The van der Waals surface area contributed by atoms with Gasteiger partial charge in [-0.3, -0.25) is 4.68 Å². The first-order chi connectivity index (χ1) is 7.87. The van der Waals surface area contributed by atoms with Gasteiger partial charge in [0.25, 0.3) is 0 Å². The third-order valence-corrected chi connectivity index (χ3v) is 2.24. The highest BCUT2D eigenvalue weighted by Gasteiger charge is 2.28. The summed E-state index contributed by atoms with van der Waals surface area (Å²) in [6.45, 7) is 4.58. The van der Waals surface area contributed by atoms with Gasteiger partial charge >= 0.3 is 6.18 Å². The van der Waals surface area contributed by atoms with Crippen molar-refractivity contribution in [1.29, 1.82) is 0 Å². The van der Waals surface area contributed by atoms with Gasteiger partial charge in [0.05, 0.1) is 5.69 Å². The molecule has 0 radical (unpaired) electrons. The molecule has 106 valence electrons. The Morgan fingerprint density at radius 1 is 1.39 bits per heavy atom. The maximum atomic E-state index is 12.1. The monoisotopic (exact) mass is 285 g/mol. The van der Waals surface area contributed by atoms with Crippen molar-refractivity contribution in [2.45, 2.75) is 39.5 Å². The lowest BCUT2D eigenvalue weighted by Gasteiger charge is -2.06. The number of halogens is 4. The summed E-state index contributed by atoms with van der Waals surface area (Å²) in [5.41, 5.74) is 0.637. The average Bonchev–Trinajstić information content (AvgIpc) is 2.57. The third-order valence-electron chi connectivity index (χ3n) is 2.24. The molecule has 0 aromatic carbocycles. The molecule has 0 bridgehead atoms. The summed E-state index contributed by atoms with van der Waals surface area (Å²) >= 11 is 0. The smallest absolute Gasteiger partial charge is 0.311 e. The lowest BCUT2D eigenvalue weighted by molar-refractivity contribution is -0.142. The summed E-state index contributed by atoms with van der Waals surface area (Å²) < 4.78 is 37.1. The number of nitrogens with zero attached hydrogens (tertiary/aromatic N) is 2. The normalized spacial score (nSPS) is 11.7. The molecule has 1 rings (SSSR count). The van der Waals surface area contributed by atoms with Crippen LogP contribution >= 0.6 is 12.4 Å². The summed E-state index contributed by atoms with van der Waals surface area (Å²) in [5.74, 6) is 0.616. The number of rotatable bonds is 6. The fraction of sp³-hybridized carbons (Fsp3) is 0.727. The van der Waals surface area contributed by atoms with Crippen LogP contribution in [-0.4, -0.2) is 22.5 Å². The predicted molar refractivity (Wildman–Crippen MR) is 66.7 cm³/mol. The molecule has 1 heterocycles. The Hall–Kier alpha value is -0.750. The summed E-state index contributed by atoms with van der Waals surface area (Å²) in [6.07, 6.45) is -1.81. The van der Waals surface area contributed by atoms with Crippen LogP contribution in [0.4, 0.5) is 13.2 Å². The van der Waals surface area contributed by atoms with E-state index in [-0.39, 0.29) is 12.4 Å². The zero-order valence-corrected chi connectivity index (χ0v) is 11.3. The van der Waals surface area contributed by atoms with Crippen LogP contribution in [0.2, 0.25) is 0 Å². The van der Waals surface area contributed by atoms with Crippen molar-refractivity contribution in [2.75, 3.05) is 6.54 Å². The van der Waals surface area contributed by atoms with E-state index in [1.807, 2.05) is 0 Å². The van der Waals surface area contributed by atoms with Gasteiger partial charge in [0.15, 0.2) is 0 Å². The number of aromatic nitrogens is 2. The van der Waals surface area contributed by atoms with Gasteiger partial charge in [-0.2, -0.15) is 18.3 Å². The van der Waals surface area contributed by atoms with Crippen LogP contribution < -0.4 is 5.32 Å². The predicted octanol–water partition coefficient (Wildman–Crippen LogP) is 3.00. The second kappa shape index (κ2) is 7.63. The molecule has 1 aromatic rings. The van der Waals surface area contributed by atoms with Gasteiger partial charge in [0, 0.05) is 12.7 Å². The Morgan fingerprint density at radius 3 is 2.61 bits per heavy atom. The van der Waals surface area contributed by atoms with Gasteiger partial charge in [0.2, 0.25) is 0 Å². The van der Waals surface area contributed by atoms with Crippen LogP contribution in [0.15, 0.2) is 12.3 Å². The fourth-order valence-electron chi connectivity index (χ4n) is 1.38. The van der Waals surface area contributed by atoms with E-state index in [1.165, 1.54) is 6.20 Å². The van der Waals surface area contributed by atoms with Gasteiger partial charge in [-0.25, -0.2) is 0 Å². The van der Waals surface area contributed by atoms with E-state index in [1.54, 1.807) is 6.07 Å². The molecule has 18 heavy (non-hydrogen) atoms. The minimum atomic E-state index is -4.21. The maximum absolute atomic E-state index is 12.1. The largest absolute Gasteiger partial charge is 0.408 e. The molecule has 0 aliphatic rings. The second-order valence-electron chi connectivity index (χ2n) is 4.48. The van der Waals surface area contributed by atoms with E-state index < -0.39 is 12.7 Å². The van der Waals surface area contributed by atoms with Crippen molar-refractivity contribution in [1.82, 2.24) is 15.1 Å². The van der Waals surface area contributed by atoms with Crippen LogP contribution in [0, 0.1) is 5.92 Å². The number of nitrogens with one attached hydrogen (secondary N) is 1. The molecule has 0 saturated heterocycles. The minimum Gasteiger partial charge on any atom is -0.311 e. The summed E-state index contributed by atoms with van der Waals surface area (Å²) in [7, 11) is 0. The SMILES string of the molecule is CC(C)CCNCc1ccn(CC(F)(F)F)n1.Cl. The van der Waals surface area contributed by atoms with Crippen LogP contribution in [-0.2, 0) is 13.1 Å². The highest BCUT2D eigenvalue weighted by molar-refractivity contribution is 5.85. The molecular weight excluding hydrogens is 267 g/mol.